The first-order chi connectivity index (χ1) is 9.24. The van der Waals surface area contributed by atoms with Gasteiger partial charge in [-0.15, -0.1) is 0 Å². The van der Waals surface area contributed by atoms with E-state index in [0.29, 0.717) is 6.54 Å². The van der Waals surface area contributed by atoms with Crippen LogP contribution in [-0.4, -0.2) is 18.0 Å². The van der Waals surface area contributed by atoms with E-state index < -0.39 is 0 Å². The van der Waals surface area contributed by atoms with Crippen LogP contribution in [0.4, 0.5) is 0 Å². The molecule has 0 fully saturated rings. The molecule has 19 heavy (non-hydrogen) atoms. The fraction of sp³-hybridized carbons (Fsp3) is 0.333. The molecule has 1 heterocycles. The quantitative estimate of drug-likeness (QED) is 0.884. The summed E-state index contributed by atoms with van der Waals surface area (Å²) in [6.45, 7) is 4.45. The number of hydrogen-bond acceptors (Lipinski definition) is 3. The zero-order chi connectivity index (χ0) is 13.7. The third kappa shape index (κ3) is 3.69. The Labute approximate surface area is 122 Å². The number of nitrogens with zero attached hydrogens (tertiary/aromatic N) is 1. The summed E-state index contributed by atoms with van der Waals surface area (Å²) in [5.74, 6) is 0.970. The summed E-state index contributed by atoms with van der Waals surface area (Å²) in [5.41, 5.74) is 7.20. The van der Waals surface area contributed by atoms with Crippen LogP contribution in [0.1, 0.15) is 24.3 Å². The molecular formula is C15H19BrN2O. The Morgan fingerprint density at radius 1 is 1.26 bits per heavy atom. The molecule has 0 saturated carbocycles. The van der Waals surface area contributed by atoms with Crippen LogP contribution in [0.3, 0.4) is 0 Å². The molecule has 2 aromatic rings. The van der Waals surface area contributed by atoms with E-state index >= 15 is 0 Å². The van der Waals surface area contributed by atoms with Crippen LogP contribution in [0.2, 0.25) is 0 Å². The summed E-state index contributed by atoms with van der Waals surface area (Å²) < 4.78 is 6.51. The molecule has 2 rings (SSSR count). The van der Waals surface area contributed by atoms with Crippen LogP contribution in [0.5, 0.6) is 0 Å². The number of rotatable bonds is 6. The molecule has 2 N–H and O–H groups in total. The molecule has 0 aliphatic rings. The van der Waals surface area contributed by atoms with Gasteiger partial charge in [-0.3, -0.25) is 4.90 Å². The molecule has 4 heteroatoms. The molecule has 0 aliphatic carbocycles. The normalized spacial score (nSPS) is 12.8. The highest BCUT2D eigenvalue weighted by atomic mass is 79.9. The van der Waals surface area contributed by atoms with E-state index in [1.807, 2.05) is 12.1 Å². The van der Waals surface area contributed by atoms with Crippen LogP contribution in [0.25, 0.3) is 0 Å². The lowest BCUT2D eigenvalue weighted by molar-refractivity contribution is 0.188. The van der Waals surface area contributed by atoms with Crippen molar-refractivity contribution < 1.29 is 4.42 Å². The molecular weight excluding hydrogens is 304 g/mol. The van der Waals surface area contributed by atoms with Crippen molar-refractivity contribution in [2.45, 2.75) is 19.5 Å². The molecule has 0 radical (unpaired) electrons. The lowest BCUT2D eigenvalue weighted by Crippen LogP contribution is -2.33. The molecule has 3 nitrogen and oxygen atoms in total. The van der Waals surface area contributed by atoms with Gasteiger partial charge in [0.15, 0.2) is 0 Å². The minimum absolute atomic E-state index is 0.211. The summed E-state index contributed by atoms with van der Waals surface area (Å²) in [7, 11) is 0. The predicted octanol–water partition coefficient (Wildman–Crippen LogP) is 3.56. The lowest BCUT2D eigenvalue weighted by Gasteiger charge is -2.29. The number of halogens is 1. The van der Waals surface area contributed by atoms with Gasteiger partial charge in [-0.1, -0.05) is 35.0 Å². The molecule has 0 bridgehead atoms. The van der Waals surface area contributed by atoms with Gasteiger partial charge in [0.1, 0.15) is 5.76 Å². The van der Waals surface area contributed by atoms with Gasteiger partial charge in [-0.2, -0.15) is 0 Å². The second-order valence-electron chi connectivity index (χ2n) is 4.45. The average molecular weight is 323 g/mol. The van der Waals surface area contributed by atoms with Gasteiger partial charge >= 0.3 is 0 Å². The second-order valence-corrected chi connectivity index (χ2v) is 5.36. The smallest absolute Gasteiger partial charge is 0.117 e. The third-order valence-corrected chi connectivity index (χ3v) is 3.79. The maximum Gasteiger partial charge on any atom is 0.117 e. The number of nitrogens with two attached hydrogens (primary N) is 1. The zero-order valence-corrected chi connectivity index (χ0v) is 12.6. The molecule has 0 spiro atoms. The van der Waals surface area contributed by atoms with Gasteiger partial charge in [0.2, 0.25) is 0 Å². The van der Waals surface area contributed by atoms with Gasteiger partial charge < -0.3 is 10.2 Å². The van der Waals surface area contributed by atoms with Gasteiger partial charge in [0, 0.05) is 17.1 Å². The Morgan fingerprint density at radius 2 is 2.00 bits per heavy atom. The zero-order valence-electron chi connectivity index (χ0n) is 11.1. The first kappa shape index (κ1) is 14.3. The van der Waals surface area contributed by atoms with E-state index in [9.17, 15) is 0 Å². The Hall–Kier alpha value is -1.10. The van der Waals surface area contributed by atoms with Crippen molar-refractivity contribution in [1.82, 2.24) is 4.90 Å². The van der Waals surface area contributed by atoms with Crippen molar-refractivity contribution in [1.29, 1.82) is 0 Å². The Kier molecular flexibility index (Phi) is 5.19. The van der Waals surface area contributed by atoms with Crippen LogP contribution in [0.15, 0.2) is 51.6 Å². The van der Waals surface area contributed by atoms with Crippen molar-refractivity contribution in [2.24, 2.45) is 5.73 Å². The SMILES string of the molecule is CCN(Cc1ccco1)C(CN)c1ccc(Br)cc1. The Bertz CT molecular complexity index is 481. The average Bonchev–Trinajstić information content (AvgIpc) is 2.93. The van der Waals surface area contributed by atoms with Crippen molar-refractivity contribution in [2.75, 3.05) is 13.1 Å². The topological polar surface area (TPSA) is 42.4 Å². The Morgan fingerprint density at radius 3 is 2.53 bits per heavy atom. The fourth-order valence-corrected chi connectivity index (χ4v) is 2.49. The highest BCUT2D eigenvalue weighted by Gasteiger charge is 2.18. The highest BCUT2D eigenvalue weighted by molar-refractivity contribution is 9.10. The minimum atomic E-state index is 0.211. The van der Waals surface area contributed by atoms with Crippen molar-refractivity contribution in [3.8, 4) is 0 Å². The number of likely N-dealkylation sites (N-methyl/N-ethyl adjacent to an activating group) is 1. The van der Waals surface area contributed by atoms with Crippen LogP contribution < -0.4 is 5.73 Å². The van der Waals surface area contributed by atoms with E-state index in [4.69, 9.17) is 10.2 Å². The molecule has 1 unspecified atom stereocenters. The van der Waals surface area contributed by atoms with Gasteiger partial charge in [0.25, 0.3) is 0 Å². The minimum Gasteiger partial charge on any atom is -0.468 e. The van der Waals surface area contributed by atoms with E-state index in [-0.39, 0.29) is 6.04 Å². The molecule has 0 amide bonds. The van der Waals surface area contributed by atoms with Gasteiger partial charge in [0.05, 0.1) is 12.8 Å². The largest absolute Gasteiger partial charge is 0.468 e. The Balaban J connectivity index is 2.16. The van der Waals surface area contributed by atoms with Crippen molar-refractivity contribution >= 4 is 15.9 Å². The molecule has 1 atom stereocenters. The van der Waals surface area contributed by atoms with Gasteiger partial charge in [-0.05, 0) is 36.4 Å². The van der Waals surface area contributed by atoms with Crippen LogP contribution in [0, 0.1) is 0 Å². The first-order valence-electron chi connectivity index (χ1n) is 6.46. The summed E-state index contributed by atoms with van der Waals surface area (Å²) in [4.78, 5) is 2.32. The summed E-state index contributed by atoms with van der Waals surface area (Å²) in [6.07, 6.45) is 1.71. The van der Waals surface area contributed by atoms with Crippen molar-refractivity contribution in [3.05, 3.63) is 58.5 Å². The summed E-state index contributed by atoms with van der Waals surface area (Å²) >= 11 is 3.46. The third-order valence-electron chi connectivity index (χ3n) is 3.26. The van der Waals surface area contributed by atoms with Crippen LogP contribution in [-0.2, 0) is 6.54 Å². The fourth-order valence-electron chi connectivity index (χ4n) is 2.23. The summed E-state index contributed by atoms with van der Waals surface area (Å²) in [5, 5.41) is 0. The predicted molar refractivity (Wildman–Crippen MR) is 80.7 cm³/mol. The van der Waals surface area contributed by atoms with E-state index in [1.54, 1.807) is 6.26 Å². The second kappa shape index (κ2) is 6.89. The highest BCUT2D eigenvalue weighted by Crippen LogP contribution is 2.23. The van der Waals surface area contributed by atoms with E-state index in [2.05, 4.69) is 52.0 Å². The standard InChI is InChI=1S/C15H19BrN2O/c1-2-18(11-14-4-3-9-19-14)15(10-17)12-5-7-13(16)8-6-12/h3-9,15H,2,10-11,17H2,1H3. The number of benzene rings is 1. The lowest BCUT2D eigenvalue weighted by atomic mass is 10.1. The monoisotopic (exact) mass is 322 g/mol. The maximum atomic E-state index is 5.96. The van der Waals surface area contributed by atoms with Crippen LogP contribution >= 0.6 is 15.9 Å². The van der Waals surface area contributed by atoms with Crippen molar-refractivity contribution in [3.63, 3.8) is 0 Å². The summed E-state index contributed by atoms with van der Waals surface area (Å²) in [6, 6.07) is 12.5. The molecule has 0 aliphatic heterocycles. The first-order valence-corrected chi connectivity index (χ1v) is 7.26. The van der Waals surface area contributed by atoms with Gasteiger partial charge in [-0.25, -0.2) is 0 Å². The number of hydrogen-bond donors (Lipinski definition) is 1. The molecule has 102 valence electrons. The molecule has 0 saturated heterocycles. The molecule has 1 aromatic carbocycles. The van der Waals surface area contributed by atoms with E-state index in [0.717, 1.165) is 23.3 Å². The number of furan rings is 1. The maximum absolute atomic E-state index is 5.96. The molecule has 1 aromatic heterocycles. The van der Waals surface area contributed by atoms with E-state index in [1.165, 1.54) is 5.56 Å².